The number of nitrogens with zero attached hydrogens (tertiary/aromatic N) is 1. The lowest BCUT2D eigenvalue weighted by Crippen LogP contribution is -2.36. The SMILES string of the molecule is Cc1nc2sc3c(c2c(N)c1C(=O)OCCC1CC1)CCC1(C3)OCCO1. The van der Waals surface area contributed by atoms with E-state index in [1.165, 1.54) is 23.3 Å². The molecule has 0 unspecified atom stereocenters. The number of aromatic nitrogens is 1. The Labute approximate surface area is 162 Å². The molecule has 0 atom stereocenters. The highest BCUT2D eigenvalue weighted by Gasteiger charge is 2.41. The van der Waals surface area contributed by atoms with Gasteiger partial charge in [-0.2, -0.15) is 0 Å². The van der Waals surface area contributed by atoms with Crippen molar-refractivity contribution in [3.8, 4) is 0 Å². The average Bonchev–Trinajstić information content (AvgIpc) is 3.23. The summed E-state index contributed by atoms with van der Waals surface area (Å²) >= 11 is 1.64. The summed E-state index contributed by atoms with van der Waals surface area (Å²) in [7, 11) is 0. The number of aryl methyl sites for hydroxylation is 2. The minimum absolute atomic E-state index is 0.352. The number of rotatable bonds is 4. The van der Waals surface area contributed by atoms with Crippen molar-refractivity contribution in [3.05, 3.63) is 21.7 Å². The van der Waals surface area contributed by atoms with Gasteiger partial charge < -0.3 is 19.9 Å². The molecule has 0 radical (unpaired) electrons. The van der Waals surface area contributed by atoms with Crippen molar-refractivity contribution in [3.63, 3.8) is 0 Å². The molecule has 3 aliphatic rings. The molecule has 2 aromatic rings. The van der Waals surface area contributed by atoms with Crippen LogP contribution >= 0.6 is 11.3 Å². The topological polar surface area (TPSA) is 83.7 Å². The summed E-state index contributed by atoms with van der Waals surface area (Å²) in [6.07, 6.45) is 5.80. The number of fused-ring (bicyclic) bond motifs is 3. The van der Waals surface area contributed by atoms with Crippen LogP contribution in [0, 0.1) is 12.8 Å². The molecule has 1 spiro atoms. The summed E-state index contributed by atoms with van der Waals surface area (Å²) in [4.78, 5) is 19.4. The molecule has 1 aliphatic heterocycles. The Morgan fingerprint density at radius 3 is 2.89 bits per heavy atom. The van der Waals surface area contributed by atoms with Crippen molar-refractivity contribution in [2.45, 2.75) is 51.2 Å². The van der Waals surface area contributed by atoms with E-state index < -0.39 is 5.79 Å². The standard InChI is InChI=1S/C20H24N2O4S/c1-11-15(19(23)24-7-5-12-2-3-12)17(21)16-13-4-6-20(25-8-9-26-20)10-14(13)27-18(16)22-11/h12H,2-10H2,1H3,(H2,21,22). The maximum Gasteiger partial charge on any atom is 0.342 e. The van der Waals surface area contributed by atoms with E-state index in [1.807, 2.05) is 6.92 Å². The number of nitrogens with two attached hydrogens (primary N) is 1. The highest BCUT2D eigenvalue weighted by Crippen LogP contribution is 2.44. The molecule has 5 rings (SSSR count). The third-order valence-electron chi connectivity index (χ3n) is 5.90. The van der Waals surface area contributed by atoms with Gasteiger partial charge >= 0.3 is 5.97 Å². The van der Waals surface area contributed by atoms with E-state index in [2.05, 4.69) is 4.98 Å². The fraction of sp³-hybridized carbons (Fsp3) is 0.600. The van der Waals surface area contributed by atoms with Gasteiger partial charge in [0.25, 0.3) is 0 Å². The third kappa shape index (κ3) is 3.02. The van der Waals surface area contributed by atoms with Crippen LogP contribution in [0.4, 0.5) is 5.69 Å². The number of hydrogen-bond donors (Lipinski definition) is 1. The molecule has 1 saturated carbocycles. The molecule has 2 N–H and O–H groups in total. The normalized spacial score (nSPS) is 20.9. The Bertz CT molecular complexity index is 913. The molecule has 2 aliphatic carbocycles. The Balaban J connectivity index is 1.48. The van der Waals surface area contributed by atoms with Gasteiger partial charge in [-0.1, -0.05) is 12.8 Å². The monoisotopic (exact) mass is 388 g/mol. The number of carbonyl (C=O) groups is 1. The first-order valence-corrected chi connectivity index (χ1v) is 10.5. The number of pyridine rings is 1. The first-order valence-electron chi connectivity index (χ1n) is 9.72. The minimum atomic E-state index is -0.484. The van der Waals surface area contributed by atoms with Crippen molar-refractivity contribution in [2.75, 3.05) is 25.6 Å². The molecule has 2 aromatic heterocycles. The zero-order valence-electron chi connectivity index (χ0n) is 15.5. The van der Waals surface area contributed by atoms with Crippen LogP contribution in [0.1, 0.15) is 52.2 Å². The molecule has 1 saturated heterocycles. The zero-order chi connectivity index (χ0) is 18.6. The first kappa shape index (κ1) is 17.4. The minimum Gasteiger partial charge on any atom is -0.462 e. The molecule has 6 nitrogen and oxygen atoms in total. The van der Waals surface area contributed by atoms with Crippen LogP contribution in [-0.4, -0.2) is 36.6 Å². The number of carbonyl (C=O) groups excluding carboxylic acids is 1. The van der Waals surface area contributed by atoms with Gasteiger partial charge in [0.05, 0.1) is 31.2 Å². The molecule has 0 bridgehead atoms. The number of thiophene rings is 1. The smallest absolute Gasteiger partial charge is 0.342 e. The van der Waals surface area contributed by atoms with Gasteiger partial charge in [-0.05, 0) is 31.2 Å². The van der Waals surface area contributed by atoms with E-state index >= 15 is 0 Å². The van der Waals surface area contributed by atoms with E-state index in [4.69, 9.17) is 19.9 Å². The second kappa shape index (κ2) is 6.43. The van der Waals surface area contributed by atoms with Gasteiger partial charge in [0.2, 0.25) is 0 Å². The third-order valence-corrected chi connectivity index (χ3v) is 7.03. The van der Waals surface area contributed by atoms with Crippen molar-refractivity contribution in [1.29, 1.82) is 0 Å². The van der Waals surface area contributed by atoms with E-state index in [9.17, 15) is 4.79 Å². The van der Waals surface area contributed by atoms with E-state index in [0.29, 0.717) is 36.8 Å². The lowest BCUT2D eigenvalue weighted by atomic mass is 9.91. The number of nitrogen functional groups attached to an aromatic ring is 1. The molecule has 0 amide bonds. The van der Waals surface area contributed by atoms with Crippen LogP contribution in [0.15, 0.2) is 0 Å². The molecule has 2 fully saturated rings. The predicted molar refractivity (Wildman–Crippen MR) is 103 cm³/mol. The highest BCUT2D eigenvalue weighted by molar-refractivity contribution is 7.19. The maximum atomic E-state index is 12.6. The van der Waals surface area contributed by atoms with Crippen molar-refractivity contribution < 1.29 is 19.0 Å². The summed E-state index contributed by atoms with van der Waals surface area (Å²) in [5.41, 5.74) is 9.24. The van der Waals surface area contributed by atoms with Gasteiger partial charge in [-0.15, -0.1) is 11.3 Å². The Morgan fingerprint density at radius 2 is 2.15 bits per heavy atom. The lowest BCUT2D eigenvalue weighted by Gasteiger charge is -2.31. The van der Waals surface area contributed by atoms with Gasteiger partial charge in [-0.25, -0.2) is 9.78 Å². The molecule has 0 aromatic carbocycles. The molecular weight excluding hydrogens is 364 g/mol. The largest absolute Gasteiger partial charge is 0.462 e. The fourth-order valence-electron chi connectivity index (χ4n) is 4.24. The summed E-state index contributed by atoms with van der Waals surface area (Å²) < 4.78 is 17.2. The van der Waals surface area contributed by atoms with Crippen LogP contribution in [0.3, 0.4) is 0 Å². The number of hydrogen-bond acceptors (Lipinski definition) is 7. The Kier molecular flexibility index (Phi) is 4.14. The first-order chi connectivity index (χ1) is 13.1. The van der Waals surface area contributed by atoms with Crippen molar-refractivity contribution in [2.24, 2.45) is 5.92 Å². The molecule has 27 heavy (non-hydrogen) atoms. The van der Waals surface area contributed by atoms with E-state index in [-0.39, 0.29) is 5.97 Å². The van der Waals surface area contributed by atoms with Crippen LogP contribution in [-0.2, 0) is 27.1 Å². The molecule has 144 valence electrons. The molecule has 7 heteroatoms. The fourth-order valence-corrected chi connectivity index (χ4v) is 5.61. The van der Waals surface area contributed by atoms with E-state index in [1.54, 1.807) is 11.3 Å². The van der Waals surface area contributed by atoms with Crippen LogP contribution < -0.4 is 5.73 Å². The Morgan fingerprint density at radius 1 is 1.37 bits per heavy atom. The van der Waals surface area contributed by atoms with Gasteiger partial charge in [0, 0.05) is 23.1 Å². The highest BCUT2D eigenvalue weighted by atomic mass is 32.1. The number of ether oxygens (including phenoxy) is 3. The lowest BCUT2D eigenvalue weighted by molar-refractivity contribution is -0.163. The summed E-state index contributed by atoms with van der Waals surface area (Å²) in [6, 6.07) is 0. The number of esters is 1. The molecular formula is C20H24N2O4S. The van der Waals surface area contributed by atoms with Crippen LogP contribution in [0.5, 0.6) is 0 Å². The summed E-state index contributed by atoms with van der Waals surface area (Å²) in [5.74, 6) is -0.106. The molecule has 3 heterocycles. The van der Waals surface area contributed by atoms with Crippen molar-refractivity contribution >= 4 is 33.2 Å². The summed E-state index contributed by atoms with van der Waals surface area (Å²) in [5, 5.41) is 0.919. The average molecular weight is 388 g/mol. The summed E-state index contributed by atoms with van der Waals surface area (Å²) in [6.45, 7) is 3.59. The predicted octanol–water partition coefficient (Wildman–Crippen LogP) is 3.38. The van der Waals surface area contributed by atoms with Crippen LogP contribution in [0.2, 0.25) is 0 Å². The maximum absolute atomic E-state index is 12.6. The second-order valence-corrected chi connectivity index (χ2v) is 8.91. The van der Waals surface area contributed by atoms with Crippen LogP contribution in [0.25, 0.3) is 10.2 Å². The quantitative estimate of drug-likeness (QED) is 0.809. The Hall–Kier alpha value is -1.70. The van der Waals surface area contributed by atoms with E-state index in [0.717, 1.165) is 41.8 Å². The number of anilines is 1. The van der Waals surface area contributed by atoms with Gasteiger partial charge in [0.1, 0.15) is 10.4 Å². The zero-order valence-corrected chi connectivity index (χ0v) is 16.3. The second-order valence-electron chi connectivity index (χ2n) is 7.82. The van der Waals surface area contributed by atoms with Gasteiger partial charge in [0.15, 0.2) is 5.79 Å². The van der Waals surface area contributed by atoms with Crippen molar-refractivity contribution in [1.82, 2.24) is 4.98 Å². The van der Waals surface area contributed by atoms with Gasteiger partial charge in [-0.3, -0.25) is 0 Å².